The first kappa shape index (κ1) is 14.6. The molecule has 2 atom stereocenters. The summed E-state index contributed by atoms with van der Waals surface area (Å²) < 4.78 is 8.30. The Morgan fingerprint density at radius 2 is 2.14 bits per heavy atom. The smallest absolute Gasteiger partial charge is 0.0758 e. The molecule has 2 unspecified atom stereocenters. The number of nitrogens with one attached hydrogen (secondary N) is 1. The predicted octanol–water partition coefficient (Wildman–Crippen LogP) is 3.71. The van der Waals surface area contributed by atoms with E-state index in [0.29, 0.717) is 18.2 Å². The summed E-state index contributed by atoms with van der Waals surface area (Å²) in [4.78, 5) is 0. The van der Waals surface area contributed by atoms with Crippen LogP contribution in [-0.2, 0) is 17.8 Å². The molecular formula is C18H26N2O. The van der Waals surface area contributed by atoms with Crippen LogP contribution in [0.5, 0.6) is 0 Å². The van der Waals surface area contributed by atoms with Gasteiger partial charge in [-0.15, -0.1) is 0 Å². The summed E-state index contributed by atoms with van der Waals surface area (Å²) in [5.41, 5.74) is 2.70. The van der Waals surface area contributed by atoms with Crippen molar-refractivity contribution < 1.29 is 4.74 Å². The number of aromatic nitrogens is 1. The van der Waals surface area contributed by atoms with Crippen molar-refractivity contribution in [3.8, 4) is 0 Å². The normalized spacial score (nSPS) is 22.5. The minimum atomic E-state index is 0.369. The van der Waals surface area contributed by atoms with Crippen LogP contribution in [-0.4, -0.2) is 22.8 Å². The van der Waals surface area contributed by atoms with Gasteiger partial charge >= 0.3 is 0 Å². The molecule has 21 heavy (non-hydrogen) atoms. The Morgan fingerprint density at radius 3 is 2.86 bits per heavy atom. The molecule has 3 nitrogen and oxygen atoms in total. The third kappa shape index (κ3) is 3.30. The number of nitrogens with zero attached hydrogens (tertiary/aromatic N) is 1. The predicted molar refractivity (Wildman–Crippen MR) is 87.5 cm³/mol. The van der Waals surface area contributed by atoms with Crippen molar-refractivity contribution in [2.45, 2.75) is 65.0 Å². The van der Waals surface area contributed by atoms with Crippen molar-refractivity contribution in [2.75, 3.05) is 0 Å². The summed E-state index contributed by atoms with van der Waals surface area (Å²) in [6.07, 6.45) is 5.36. The molecule has 114 valence electrons. The topological polar surface area (TPSA) is 26.2 Å². The SMILES string of the molecule is CC(C)NCc1cccc2c1ccn2CC1CCC(C)O1. The van der Waals surface area contributed by atoms with Gasteiger partial charge < -0.3 is 14.6 Å². The molecule has 1 aliphatic heterocycles. The number of ether oxygens (including phenoxy) is 1. The van der Waals surface area contributed by atoms with E-state index in [-0.39, 0.29) is 0 Å². The lowest BCUT2D eigenvalue weighted by Gasteiger charge is -2.14. The van der Waals surface area contributed by atoms with E-state index in [2.05, 4.69) is 61.1 Å². The molecule has 1 aromatic carbocycles. The van der Waals surface area contributed by atoms with E-state index in [1.807, 2.05) is 0 Å². The summed E-state index contributed by atoms with van der Waals surface area (Å²) in [7, 11) is 0. The van der Waals surface area contributed by atoms with Crippen LogP contribution in [0.15, 0.2) is 30.5 Å². The minimum absolute atomic E-state index is 0.369. The fourth-order valence-electron chi connectivity index (χ4n) is 3.15. The zero-order valence-corrected chi connectivity index (χ0v) is 13.3. The van der Waals surface area contributed by atoms with Gasteiger partial charge in [0.1, 0.15) is 0 Å². The highest BCUT2D eigenvalue weighted by molar-refractivity contribution is 5.83. The molecule has 2 aromatic rings. The highest BCUT2D eigenvalue weighted by atomic mass is 16.5. The van der Waals surface area contributed by atoms with Crippen molar-refractivity contribution in [3.63, 3.8) is 0 Å². The maximum atomic E-state index is 5.96. The molecule has 2 heterocycles. The van der Waals surface area contributed by atoms with Crippen LogP contribution in [0.2, 0.25) is 0 Å². The van der Waals surface area contributed by atoms with Gasteiger partial charge in [0.05, 0.1) is 12.2 Å². The van der Waals surface area contributed by atoms with Gasteiger partial charge in [-0.3, -0.25) is 0 Å². The minimum Gasteiger partial charge on any atom is -0.373 e. The summed E-state index contributed by atoms with van der Waals surface area (Å²) >= 11 is 0. The summed E-state index contributed by atoms with van der Waals surface area (Å²) in [5, 5.41) is 4.87. The third-order valence-electron chi connectivity index (χ3n) is 4.33. The second kappa shape index (κ2) is 6.20. The van der Waals surface area contributed by atoms with Crippen LogP contribution < -0.4 is 5.32 Å². The summed E-state index contributed by atoms with van der Waals surface area (Å²) in [6.45, 7) is 8.43. The molecule has 0 amide bonds. The molecule has 0 radical (unpaired) electrons. The monoisotopic (exact) mass is 286 g/mol. The zero-order chi connectivity index (χ0) is 14.8. The molecule has 0 bridgehead atoms. The van der Waals surface area contributed by atoms with Crippen LogP contribution in [0.3, 0.4) is 0 Å². The van der Waals surface area contributed by atoms with Crippen LogP contribution in [0.25, 0.3) is 10.9 Å². The van der Waals surface area contributed by atoms with Gasteiger partial charge in [0.2, 0.25) is 0 Å². The maximum absolute atomic E-state index is 5.96. The van der Waals surface area contributed by atoms with E-state index >= 15 is 0 Å². The largest absolute Gasteiger partial charge is 0.373 e. The number of fused-ring (bicyclic) bond motifs is 1. The first-order chi connectivity index (χ1) is 10.1. The fraction of sp³-hybridized carbons (Fsp3) is 0.556. The Kier molecular flexibility index (Phi) is 4.32. The van der Waals surface area contributed by atoms with Gasteiger partial charge in [0.15, 0.2) is 0 Å². The van der Waals surface area contributed by atoms with E-state index < -0.39 is 0 Å². The quantitative estimate of drug-likeness (QED) is 0.907. The molecule has 1 fully saturated rings. The van der Waals surface area contributed by atoms with Crippen LogP contribution in [0.4, 0.5) is 0 Å². The zero-order valence-electron chi connectivity index (χ0n) is 13.3. The van der Waals surface area contributed by atoms with Crippen LogP contribution in [0, 0.1) is 0 Å². The van der Waals surface area contributed by atoms with E-state index in [0.717, 1.165) is 13.1 Å². The maximum Gasteiger partial charge on any atom is 0.0758 e. The number of hydrogen-bond donors (Lipinski definition) is 1. The first-order valence-electron chi connectivity index (χ1n) is 8.09. The Morgan fingerprint density at radius 1 is 1.29 bits per heavy atom. The lowest BCUT2D eigenvalue weighted by atomic mass is 10.1. The highest BCUT2D eigenvalue weighted by Crippen LogP contribution is 2.25. The second-order valence-corrected chi connectivity index (χ2v) is 6.50. The van der Waals surface area contributed by atoms with Gasteiger partial charge in [-0.05, 0) is 37.5 Å². The van der Waals surface area contributed by atoms with E-state index in [9.17, 15) is 0 Å². The van der Waals surface area contributed by atoms with Crippen molar-refractivity contribution in [3.05, 3.63) is 36.0 Å². The Hall–Kier alpha value is -1.32. The van der Waals surface area contributed by atoms with Crippen molar-refractivity contribution in [2.24, 2.45) is 0 Å². The first-order valence-corrected chi connectivity index (χ1v) is 8.09. The van der Waals surface area contributed by atoms with E-state index in [1.54, 1.807) is 0 Å². The molecule has 3 rings (SSSR count). The van der Waals surface area contributed by atoms with Crippen molar-refractivity contribution >= 4 is 10.9 Å². The molecular weight excluding hydrogens is 260 g/mol. The van der Waals surface area contributed by atoms with Crippen molar-refractivity contribution in [1.82, 2.24) is 9.88 Å². The van der Waals surface area contributed by atoms with E-state index in [1.165, 1.54) is 29.3 Å². The second-order valence-electron chi connectivity index (χ2n) is 6.50. The summed E-state index contributed by atoms with van der Waals surface area (Å²) in [5.74, 6) is 0. The average molecular weight is 286 g/mol. The van der Waals surface area contributed by atoms with Crippen LogP contribution >= 0.6 is 0 Å². The Balaban J connectivity index is 1.80. The number of hydrogen-bond acceptors (Lipinski definition) is 2. The van der Waals surface area contributed by atoms with Gasteiger partial charge in [-0.2, -0.15) is 0 Å². The lowest BCUT2D eigenvalue weighted by molar-refractivity contribution is 0.0465. The van der Waals surface area contributed by atoms with Gasteiger partial charge in [-0.25, -0.2) is 0 Å². The van der Waals surface area contributed by atoms with Gasteiger partial charge in [0.25, 0.3) is 0 Å². The number of rotatable bonds is 5. The van der Waals surface area contributed by atoms with Gasteiger partial charge in [-0.1, -0.05) is 26.0 Å². The third-order valence-corrected chi connectivity index (χ3v) is 4.33. The molecule has 1 N–H and O–H groups in total. The fourth-order valence-corrected chi connectivity index (χ4v) is 3.15. The average Bonchev–Trinajstić information content (AvgIpc) is 3.04. The molecule has 0 saturated carbocycles. The summed E-state index contributed by atoms with van der Waals surface area (Å²) in [6, 6.07) is 9.35. The molecule has 0 aliphatic carbocycles. The highest BCUT2D eigenvalue weighted by Gasteiger charge is 2.22. The lowest BCUT2D eigenvalue weighted by Crippen LogP contribution is -2.21. The molecule has 1 saturated heterocycles. The van der Waals surface area contributed by atoms with Crippen LogP contribution in [0.1, 0.15) is 39.2 Å². The Labute approximate surface area is 127 Å². The Bertz CT molecular complexity index is 602. The molecule has 3 heteroatoms. The molecule has 0 spiro atoms. The van der Waals surface area contributed by atoms with Crippen molar-refractivity contribution in [1.29, 1.82) is 0 Å². The molecule has 1 aliphatic rings. The van der Waals surface area contributed by atoms with Gasteiger partial charge in [0, 0.05) is 36.2 Å². The molecule has 1 aromatic heterocycles. The number of benzene rings is 1. The standard InChI is InChI=1S/C18H26N2O/c1-13(2)19-11-15-5-4-6-18-17(15)9-10-20(18)12-16-8-7-14(3)21-16/h4-6,9-10,13-14,16,19H,7-8,11-12H2,1-3H3. The van der Waals surface area contributed by atoms with E-state index in [4.69, 9.17) is 4.74 Å².